The summed E-state index contributed by atoms with van der Waals surface area (Å²) in [5.41, 5.74) is 7.46. The van der Waals surface area contributed by atoms with Crippen LogP contribution in [0, 0.1) is 0 Å². The first-order valence-corrected chi connectivity index (χ1v) is 6.92. The highest BCUT2D eigenvalue weighted by atomic mass is 32.2. The Balaban J connectivity index is 2.78. The zero-order chi connectivity index (χ0) is 12.1. The number of hydrogen-bond acceptors (Lipinski definition) is 3. The van der Waals surface area contributed by atoms with Gasteiger partial charge in [0, 0.05) is 35.3 Å². The van der Waals surface area contributed by atoms with Crippen molar-refractivity contribution in [3.63, 3.8) is 0 Å². The highest BCUT2D eigenvalue weighted by Gasteiger charge is 2.22. The number of nitrogens with zero attached hydrogens (tertiary/aromatic N) is 2. The van der Waals surface area contributed by atoms with Gasteiger partial charge in [-0.1, -0.05) is 20.8 Å². The Labute approximate surface area is 103 Å². The van der Waals surface area contributed by atoms with Crippen LogP contribution in [0.5, 0.6) is 0 Å². The summed E-state index contributed by atoms with van der Waals surface area (Å²) < 4.78 is 1.85. The van der Waals surface area contributed by atoms with Gasteiger partial charge in [-0.05, 0) is 12.8 Å². The maximum absolute atomic E-state index is 6.20. The third-order valence-corrected chi connectivity index (χ3v) is 4.58. The summed E-state index contributed by atoms with van der Waals surface area (Å²) in [5.74, 6) is 0. The molecular formula is C12H23N3S. The van der Waals surface area contributed by atoms with Crippen molar-refractivity contribution >= 4 is 11.8 Å². The van der Waals surface area contributed by atoms with Crippen LogP contribution in [-0.4, -0.2) is 21.1 Å². The van der Waals surface area contributed by atoms with Crippen LogP contribution in [0.3, 0.4) is 0 Å². The van der Waals surface area contributed by atoms with Crippen LogP contribution in [0.2, 0.25) is 0 Å². The molecular weight excluding hydrogens is 218 g/mol. The average Bonchev–Trinajstić information content (AvgIpc) is 2.71. The van der Waals surface area contributed by atoms with E-state index in [1.807, 2.05) is 29.7 Å². The summed E-state index contributed by atoms with van der Waals surface area (Å²) in [6.07, 6.45) is 6.20. The van der Waals surface area contributed by atoms with Crippen molar-refractivity contribution in [1.82, 2.24) is 9.78 Å². The normalized spacial score (nSPS) is 17.1. The van der Waals surface area contributed by atoms with Gasteiger partial charge in [-0.3, -0.25) is 4.68 Å². The molecule has 0 spiro atoms. The molecule has 3 atom stereocenters. The molecule has 0 aliphatic heterocycles. The Kier molecular flexibility index (Phi) is 5.35. The first-order valence-electron chi connectivity index (χ1n) is 5.98. The zero-order valence-corrected chi connectivity index (χ0v) is 11.5. The summed E-state index contributed by atoms with van der Waals surface area (Å²) in [7, 11) is 1.95. The van der Waals surface area contributed by atoms with Gasteiger partial charge in [-0.2, -0.15) is 5.10 Å². The molecule has 16 heavy (non-hydrogen) atoms. The van der Waals surface area contributed by atoms with Crippen LogP contribution in [0.15, 0.2) is 12.4 Å². The van der Waals surface area contributed by atoms with Gasteiger partial charge >= 0.3 is 0 Å². The second kappa shape index (κ2) is 6.30. The Morgan fingerprint density at radius 1 is 1.44 bits per heavy atom. The number of hydrogen-bond donors (Lipinski definition) is 1. The van der Waals surface area contributed by atoms with Crippen molar-refractivity contribution in [3.05, 3.63) is 18.0 Å². The van der Waals surface area contributed by atoms with Crippen molar-refractivity contribution in [2.24, 2.45) is 12.8 Å². The molecule has 0 fully saturated rings. The largest absolute Gasteiger partial charge is 0.326 e. The molecule has 3 nitrogen and oxygen atoms in total. The second-order valence-corrected chi connectivity index (χ2v) is 5.88. The molecule has 0 aromatic carbocycles. The average molecular weight is 241 g/mol. The number of rotatable bonds is 6. The van der Waals surface area contributed by atoms with Gasteiger partial charge in [-0.25, -0.2) is 0 Å². The van der Waals surface area contributed by atoms with Crippen molar-refractivity contribution in [2.45, 2.75) is 50.2 Å². The van der Waals surface area contributed by atoms with Crippen LogP contribution in [0.1, 0.15) is 44.4 Å². The number of nitrogens with two attached hydrogens (primary N) is 1. The lowest BCUT2D eigenvalue weighted by Gasteiger charge is -2.24. The number of aryl methyl sites for hydroxylation is 1. The van der Waals surface area contributed by atoms with Crippen LogP contribution >= 0.6 is 11.8 Å². The molecule has 0 bridgehead atoms. The van der Waals surface area contributed by atoms with Crippen LogP contribution in [0.25, 0.3) is 0 Å². The molecule has 0 aliphatic rings. The maximum atomic E-state index is 6.20. The fourth-order valence-electron chi connectivity index (χ4n) is 1.57. The SMILES string of the molecule is CCC(C)SC(c1cnn(C)c1)C(N)CC. The highest BCUT2D eigenvalue weighted by Crippen LogP contribution is 2.36. The van der Waals surface area contributed by atoms with E-state index in [0.29, 0.717) is 10.5 Å². The molecule has 1 aromatic rings. The first kappa shape index (κ1) is 13.6. The highest BCUT2D eigenvalue weighted by molar-refractivity contribution is 8.00. The van der Waals surface area contributed by atoms with Gasteiger partial charge in [-0.15, -0.1) is 11.8 Å². The third-order valence-electron chi connectivity index (χ3n) is 2.87. The van der Waals surface area contributed by atoms with E-state index in [4.69, 9.17) is 5.73 Å². The summed E-state index contributed by atoms with van der Waals surface area (Å²) in [6.45, 7) is 6.62. The van der Waals surface area contributed by atoms with E-state index in [2.05, 4.69) is 32.1 Å². The van der Waals surface area contributed by atoms with Gasteiger partial charge in [0.15, 0.2) is 0 Å². The zero-order valence-electron chi connectivity index (χ0n) is 10.7. The van der Waals surface area contributed by atoms with E-state index in [0.717, 1.165) is 6.42 Å². The Morgan fingerprint density at radius 3 is 2.56 bits per heavy atom. The molecule has 1 aromatic heterocycles. The minimum absolute atomic E-state index is 0.211. The summed E-state index contributed by atoms with van der Waals surface area (Å²) in [4.78, 5) is 0. The lowest BCUT2D eigenvalue weighted by molar-refractivity contribution is 0.630. The third kappa shape index (κ3) is 3.52. The van der Waals surface area contributed by atoms with E-state index in [1.54, 1.807) is 0 Å². The Morgan fingerprint density at radius 2 is 2.12 bits per heavy atom. The van der Waals surface area contributed by atoms with Gasteiger partial charge in [0.2, 0.25) is 0 Å². The molecule has 3 unspecified atom stereocenters. The second-order valence-electron chi connectivity index (χ2n) is 4.29. The minimum Gasteiger partial charge on any atom is -0.326 e. The van der Waals surface area contributed by atoms with E-state index < -0.39 is 0 Å². The first-order chi connectivity index (χ1) is 7.58. The standard InChI is InChI=1S/C12H23N3S/c1-5-9(3)16-12(11(13)6-2)10-7-14-15(4)8-10/h7-9,11-12H,5-6,13H2,1-4H3. The molecule has 2 N–H and O–H groups in total. The number of aromatic nitrogens is 2. The smallest absolute Gasteiger partial charge is 0.0533 e. The molecule has 0 amide bonds. The predicted molar refractivity (Wildman–Crippen MR) is 71.6 cm³/mol. The molecule has 0 radical (unpaired) electrons. The predicted octanol–water partition coefficient (Wildman–Crippen LogP) is 2.73. The van der Waals surface area contributed by atoms with E-state index >= 15 is 0 Å². The van der Waals surface area contributed by atoms with Crippen LogP contribution in [0.4, 0.5) is 0 Å². The summed E-state index contributed by atoms with van der Waals surface area (Å²) in [5, 5.41) is 5.25. The minimum atomic E-state index is 0.211. The molecule has 1 heterocycles. The molecule has 92 valence electrons. The van der Waals surface area contributed by atoms with Crippen LogP contribution in [-0.2, 0) is 7.05 Å². The van der Waals surface area contributed by atoms with Crippen molar-refractivity contribution in [1.29, 1.82) is 0 Å². The Hall–Kier alpha value is -0.480. The van der Waals surface area contributed by atoms with E-state index in [1.165, 1.54) is 12.0 Å². The topological polar surface area (TPSA) is 43.8 Å². The van der Waals surface area contributed by atoms with Gasteiger partial charge in [0.1, 0.15) is 0 Å². The summed E-state index contributed by atoms with van der Waals surface area (Å²) >= 11 is 1.97. The van der Waals surface area contributed by atoms with Gasteiger partial charge < -0.3 is 5.73 Å². The Bertz CT molecular complexity index is 311. The molecule has 4 heteroatoms. The van der Waals surface area contributed by atoms with Crippen molar-refractivity contribution < 1.29 is 0 Å². The van der Waals surface area contributed by atoms with E-state index in [-0.39, 0.29) is 6.04 Å². The molecule has 0 saturated carbocycles. The fraction of sp³-hybridized carbons (Fsp3) is 0.750. The number of thioether (sulfide) groups is 1. The molecule has 0 saturated heterocycles. The fourth-order valence-corrected chi connectivity index (χ4v) is 2.94. The van der Waals surface area contributed by atoms with Crippen molar-refractivity contribution in [3.8, 4) is 0 Å². The molecule has 1 rings (SSSR count). The monoisotopic (exact) mass is 241 g/mol. The molecule has 0 aliphatic carbocycles. The van der Waals surface area contributed by atoms with Crippen LogP contribution < -0.4 is 5.73 Å². The quantitative estimate of drug-likeness (QED) is 0.833. The maximum Gasteiger partial charge on any atom is 0.0533 e. The van der Waals surface area contributed by atoms with Crippen molar-refractivity contribution in [2.75, 3.05) is 0 Å². The lowest BCUT2D eigenvalue weighted by Crippen LogP contribution is -2.26. The van der Waals surface area contributed by atoms with Gasteiger partial charge in [0.05, 0.1) is 6.20 Å². The van der Waals surface area contributed by atoms with E-state index in [9.17, 15) is 0 Å². The summed E-state index contributed by atoms with van der Waals surface area (Å²) in [6, 6.07) is 0.211. The lowest BCUT2D eigenvalue weighted by atomic mass is 10.1. The van der Waals surface area contributed by atoms with Gasteiger partial charge in [0.25, 0.3) is 0 Å².